The largest absolute Gasteiger partial charge is 0.497 e. The van der Waals surface area contributed by atoms with Crippen molar-refractivity contribution in [2.24, 2.45) is 0 Å². The molecule has 1 aromatic heterocycles. The number of nitrogens with one attached hydrogen (secondary N) is 4. The van der Waals surface area contributed by atoms with Crippen LogP contribution in [0.15, 0.2) is 41.2 Å². The van der Waals surface area contributed by atoms with Crippen molar-refractivity contribution in [2.75, 3.05) is 17.7 Å². The number of carbonyl (C=O) groups excluding carboxylic acids is 1. The van der Waals surface area contributed by atoms with E-state index in [1.165, 1.54) is 0 Å². The number of benzene rings is 2. The van der Waals surface area contributed by atoms with E-state index >= 15 is 0 Å². The summed E-state index contributed by atoms with van der Waals surface area (Å²) in [6, 6.07) is 10.2. The van der Waals surface area contributed by atoms with Crippen LogP contribution >= 0.6 is 0 Å². The number of ether oxygens (including phenoxy) is 1. The molecule has 7 nitrogen and oxygen atoms in total. The highest BCUT2D eigenvalue weighted by atomic mass is 16.5. The van der Waals surface area contributed by atoms with Crippen molar-refractivity contribution in [2.45, 2.75) is 6.92 Å². The second-order valence-corrected chi connectivity index (χ2v) is 5.10. The lowest BCUT2D eigenvalue weighted by molar-refractivity contribution is 0.262. The fourth-order valence-electron chi connectivity index (χ4n) is 2.31. The quantitative estimate of drug-likeness (QED) is 0.598. The van der Waals surface area contributed by atoms with Gasteiger partial charge in [0.2, 0.25) is 0 Å². The van der Waals surface area contributed by atoms with Gasteiger partial charge in [0.15, 0.2) is 0 Å². The molecule has 3 aromatic rings. The number of anilines is 2. The number of rotatable bonds is 3. The van der Waals surface area contributed by atoms with Crippen LogP contribution in [0.2, 0.25) is 0 Å². The lowest BCUT2D eigenvalue weighted by Gasteiger charge is -2.11. The van der Waals surface area contributed by atoms with Gasteiger partial charge in [0.05, 0.1) is 18.1 Å². The van der Waals surface area contributed by atoms with E-state index in [2.05, 4.69) is 20.6 Å². The molecule has 2 aromatic carbocycles. The molecule has 23 heavy (non-hydrogen) atoms. The zero-order valence-corrected chi connectivity index (χ0v) is 12.7. The molecule has 2 amide bonds. The fourth-order valence-corrected chi connectivity index (χ4v) is 2.31. The monoisotopic (exact) mass is 312 g/mol. The van der Waals surface area contributed by atoms with Crippen LogP contribution in [0.4, 0.5) is 16.2 Å². The number of carbonyl (C=O) groups is 1. The highest BCUT2D eigenvalue weighted by molar-refractivity contribution is 6.01. The van der Waals surface area contributed by atoms with Gasteiger partial charge in [-0.2, -0.15) is 0 Å². The summed E-state index contributed by atoms with van der Waals surface area (Å²) in [6.45, 7) is 1.85. The Morgan fingerprint density at radius 1 is 1.09 bits per heavy atom. The third-order valence-electron chi connectivity index (χ3n) is 3.44. The molecule has 0 atom stereocenters. The van der Waals surface area contributed by atoms with Crippen molar-refractivity contribution in [3.05, 3.63) is 52.4 Å². The van der Waals surface area contributed by atoms with Gasteiger partial charge in [-0.3, -0.25) is 0 Å². The third-order valence-corrected chi connectivity index (χ3v) is 3.44. The van der Waals surface area contributed by atoms with E-state index in [1.807, 2.05) is 6.92 Å². The standard InChI is InChI=1S/C16H16N4O3/c1-9-6-13-14(20-16(22)19-13)8-12(9)18-15(21)17-10-4-3-5-11(7-10)23-2/h3-8H,1-2H3,(H2,17,18,21)(H2,19,20,22). The molecule has 7 heteroatoms. The molecule has 0 saturated carbocycles. The molecule has 0 saturated heterocycles. The van der Waals surface area contributed by atoms with Gasteiger partial charge >= 0.3 is 11.7 Å². The molecule has 0 radical (unpaired) electrons. The van der Waals surface area contributed by atoms with E-state index in [9.17, 15) is 9.59 Å². The molecule has 0 fully saturated rings. The van der Waals surface area contributed by atoms with E-state index in [4.69, 9.17) is 4.74 Å². The summed E-state index contributed by atoms with van der Waals surface area (Å²) in [5, 5.41) is 5.51. The van der Waals surface area contributed by atoms with Crippen molar-refractivity contribution < 1.29 is 9.53 Å². The number of H-pyrrole nitrogens is 2. The van der Waals surface area contributed by atoms with Gasteiger partial charge in [-0.05, 0) is 36.8 Å². The Morgan fingerprint density at radius 3 is 2.57 bits per heavy atom. The van der Waals surface area contributed by atoms with E-state index in [-0.39, 0.29) is 11.7 Å². The summed E-state index contributed by atoms with van der Waals surface area (Å²) in [5.74, 6) is 0.658. The maximum Gasteiger partial charge on any atom is 0.323 e. The Morgan fingerprint density at radius 2 is 1.83 bits per heavy atom. The lowest BCUT2D eigenvalue weighted by Crippen LogP contribution is -2.20. The SMILES string of the molecule is COc1cccc(NC(=O)Nc2cc3[nH]c(=O)[nH]c3cc2C)c1. The summed E-state index contributed by atoms with van der Waals surface area (Å²) in [5.41, 5.74) is 3.14. The molecule has 1 heterocycles. The van der Waals surface area contributed by atoms with Gasteiger partial charge in [-0.1, -0.05) is 6.07 Å². The Hall–Kier alpha value is -3.22. The predicted octanol–water partition coefficient (Wildman–Crippen LogP) is 2.82. The molecule has 0 aliphatic rings. The summed E-state index contributed by atoms with van der Waals surface area (Å²) >= 11 is 0. The number of amides is 2. The summed E-state index contributed by atoms with van der Waals surface area (Å²) < 4.78 is 5.12. The first kappa shape index (κ1) is 14.7. The highest BCUT2D eigenvalue weighted by Crippen LogP contribution is 2.21. The lowest BCUT2D eigenvalue weighted by atomic mass is 10.2. The second kappa shape index (κ2) is 5.88. The molecule has 0 unspecified atom stereocenters. The van der Waals surface area contributed by atoms with Gasteiger partial charge in [-0.15, -0.1) is 0 Å². The number of fused-ring (bicyclic) bond motifs is 1. The first-order valence-corrected chi connectivity index (χ1v) is 7.00. The Balaban J connectivity index is 1.79. The van der Waals surface area contributed by atoms with Gasteiger partial charge in [0, 0.05) is 17.4 Å². The van der Waals surface area contributed by atoms with Crippen LogP contribution in [0.25, 0.3) is 11.0 Å². The zero-order valence-electron chi connectivity index (χ0n) is 12.7. The zero-order chi connectivity index (χ0) is 16.4. The number of urea groups is 1. The maximum atomic E-state index is 12.1. The number of methoxy groups -OCH3 is 1. The minimum Gasteiger partial charge on any atom is -0.497 e. The van der Waals surface area contributed by atoms with E-state index in [0.717, 1.165) is 5.56 Å². The molecular weight excluding hydrogens is 296 g/mol. The van der Waals surface area contributed by atoms with E-state index in [1.54, 1.807) is 43.5 Å². The molecule has 0 aliphatic heterocycles. The molecule has 118 valence electrons. The number of imidazole rings is 1. The van der Waals surface area contributed by atoms with Gasteiger partial charge in [0.25, 0.3) is 0 Å². The number of hydrogen-bond acceptors (Lipinski definition) is 3. The highest BCUT2D eigenvalue weighted by Gasteiger charge is 2.08. The van der Waals surface area contributed by atoms with Crippen molar-refractivity contribution in [1.82, 2.24) is 9.97 Å². The van der Waals surface area contributed by atoms with Crippen molar-refractivity contribution >= 4 is 28.4 Å². The van der Waals surface area contributed by atoms with Gasteiger partial charge in [-0.25, -0.2) is 9.59 Å². The van der Waals surface area contributed by atoms with Crippen LogP contribution in [-0.4, -0.2) is 23.1 Å². The van der Waals surface area contributed by atoms with Gasteiger partial charge in [0.1, 0.15) is 5.75 Å². The minimum absolute atomic E-state index is 0.280. The van der Waals surface area contributed by atoms with Crippen LogP contribution in [-0.2, 0) is 0 Å². The fraction of sp³-hybridized carbons (Fsp3) is 0.125. The van der Waals surface area contributed by atoms with Crippen LogP contribution in [0.1, 0.15) is 5.56 Å². The van der Waals surface area contributed by atoms with E-state index in [0.29, 0.717) is 28.2 Å². The first-order valence-electron chi connectivity index (χ1n) is 7.00. The average molecular weight is 312 g/mol. The van der Waals surface area contributed by atoms with Crippen LogP contribution < -0.4 is 21.1 Å². The number of aryl methyl sites for hydroxylation is 1. The molecular formula is C16H16N4O3. The summed E-state index contributed by atoms with van der Waals surface area (Å²) in [4.78, 5) is 28.8. The number of aromatic amines is 2. The van der Waals surface area contributed by atoms with Gasteiger partial charge < -0.3 is 25.3 Å². The van der Waals surface area contributed by atoms with Crippen LogP contribution in [0.5, 0.6) is 5.75 Å². The number of aromatic nitrogens is 2. The molecule has 3 rings (SSSR count). The van der Waals surface area contributed by atoms with Crippen molar-refractivity contribution in [3.63, 3.8) is 0 Å². The van der Waals surface area contributed by atoms with Crippen LogP contribution in [0.3, 0.4) is 0 Å². The minimum atomic E-state index is -0.376. The molecule has 0 bridgehead atoms. The van der Waals surface area contributed by atoms with Crippen LogP contribution in [0, 0.1) is 6.92 Å². The van der Waals surface area contributed by atoms with Crippen molar-refractivity contribution in [3.8, 4) is 5.75 Å². The topological polar surface area (TPSA) is 99.0 Å². The normalized spacial score (nSPS) is 10.5. The van der Waals surface area contributed by atoms with E-state index < -0.39 is 0 Å². The summed E-state index contributed by atoms with van der Waals surface area (Å²) in [6.07, 6.45) is 0. The first-order chi connectivity index (χ1) is 11.0. The molecule has 0 aliphatic carbocycles. The third kappa shape index (κ3) is 3.18. The predicted molar refractivity (Wildman–Crippen MR) is 89.3 cm³/mol. The van der Waals surface area contributed by atoms with Crippen molar-refractivity contribution in [1.29, 1.82) is 0 Å². The number of hydrogen-bond donors (Lipinski definition) is 4. The Bertz CT molecular complexity index is 926. The molecule has 4 N–H and O–H groups in total. The summed E-state index contributed by atoms with van der Waals surface area (Å²) in [7, 11) is 1.56. The smallest absolute Gasteiger partial charge is 0.323 e. The Labute approximate surface area is 131 Å². The molecule has 0 spiro atoms. The maximum absolute atomic E-state index is 12.1. The average Bonchev–Trinajstić information content (AvgIpc) is 2.86. The Kier molecular flexibility index (Phi) is 3.76. The second-order valence-electron chi connectivity index (χ2n) is 5.10.